The maximum absolute atomic E-state index is 14.1. The van der Waals surface area contributed by atoms with Gasteiger partial charge in [0.15, 0.2) is 0 Å². The van der Waals surface area contributed by atoms with Crippen molar-refractivity contribution in [1.29, 1.82) is 0 Å². The molecule has 8 heteroatoms. The predicted molar refractivity (Wildman–Crippen MR) is 142 cm³/mol. The van der Waals surface area contributed by atoms with Crippen molar-refractivity contribution in [3.63, 3.8) is 0 Å². The summed E-state index contributed by atoms with van der Waals surface area (Å²) >= 11 is 0. The predicted octanol–water partition coefficient (Wildman–Crippen LogP) is 3.49. The zero-order valence-electron chi connectivity index (χ0n) is 23.3. The summed E-state index contributed by atoms with van der Waals surface area (Å²) in [6, 6.07) is 7.66. The minimum Gasteiger partial charge on any atom is -0.394 e. The Kier molecular flexibility index (Phi) is 6.99. The number of hydrogen-bond donors (Lipinski definition) is 3. The number of nitrogens with zero attached hydrogens (tertiary/aromatic N) is 1. The lowest BCUT2D eigenvalue weighted by atomic mass is 9.65. The average Bonchev–Trinajstić information content (AvgIpc) is 3.40. The highest BCUT2D eigenvalue weighted by atomic mass is 16.5. The van der Waals surface area contributed by atoms with Gasteiger partial charge in [-0.1, -0.05) is 45.9 Å². The van der Waals surface area contributed by atoms with Gasteiger partial charge in [0.25, 0.3) is 0 Å². The van der Waals surface area contributed by atoms with Crippen LogP contribution in [0.25, 0.3) is 0 Å². The molecule has 2 unspecified atom stereocenters. The molecule has 3 aliphatic rings. The summed E-state index contributed by atoms with van der Waals surface area (Å²) in [5.74, 6) is -2.37. The molecule has 0 radical (unpaired) electrons. The Hall–Kier alpha value is -2.45. The third-order valence-corrected chi connectivity index (χ3v) is 8.36. The van der Waals surface area contributed by atoms with E-state index in [4.69, 9.17) is 4.74 Å². The Morgan fingerprint density at radius 3 is 2.35 bits per heavy atom. The molecular weight excluding hydrogens is 470 g/mol. The monoisotopic (exact) mass is 513 g/mol. The van der Waals surface area contributed by atoms with Crippen LogP contribution >= 0.6 is 0 Å². The molecule has 204 valence electrons. The maximum Gasteiger partial charge on any atom is 0.246 e. The highest BCUT2D eigenvalue weighted by Crippen LogP contribution is 2.64. The largest absolute Gasteiger partial charge is 0.394 e. The molecule has 1 aromatic rings. The number of anilines is 1. The number of carbonyl (C=O) groups excluding carboxylic acids is 3. The minimum absolute atomic E-state index is 0.0175. The first-order chi connectivity index (χ1) is 17.2. The zero-order chi connectivity index (χ0) is 27.4. The molecule has 3 saturated heterocycles. The lowest BCUT2D eigenvalue weighted by Gasteiger charge is -2.39. The van der Waals surface area contributed by atoms with Crippen LogP contribution in [0.4, 0.5) is 5.69 Å². The molecule has 8 nitrogen and oxygen atoms in total. The fraction of sp³-hybridized carbons (Fsp3) is 0.690. The molecule has 0 saturated carbocycles. The number of rotatable bonds is 8. The lowest BCUT2D eigenvalue weighted by Crippen LogP contribution is -2.61. The number of para-hydroxylation sites is 1. The van der Waals surface area contributed by atoms with Crippen molar-refractivity contribution in [3.05, 3.63) is 30.3 Å². The van der Waals surface area contributed by atoms with Crippen molar-refractivity contribution in [2.45, 2.75) is 103 Å². The van der Waals surface area contributed by atoms with Crippen LogP contribution in [-0.4, -0.2) is 63.2 Å². The van der Waals surface area contributed by atoms with E-state index < -0.39 is 40.7 Å². The summed E-state index contributed by atoms with van der Waals surface area (Å²) in [5.41, 5.74) is -1.81. The van der Waals surface area contributed by atoms with Crippen LogP contribution < -0.4 is 10.6 Å². The van der Waals surface area contributed by atoms with E-state index in [1.807, 2.05) is 51.1 Å². The first-order valence-corrected chi connectivity index (χ1v) is 13.5. The summed E-state index contributed by atoms with van der Waals surface area (Å²) in [6.45, 7) is 13.8. The highest BCUT2D eigenvalue weighted by molar-refractivity contribution is 6.02. The van der Waals surface area contributed by atoms with E-state index in [-0.39, 0.29) is 29.7 Å². The highest BCUT2D eigenvalue weighted by Gasteiger charge is 2.79. The number of aliphatic hydroxyl groups excluding tert-OH is 1. The molecule has 3 N–H and O–H groups in total. The number of nitrogens with one attached hydrogen (secondary N) is 2. The summed E-state index contributed by atoms with van der Waals surface area (Å²) in [4.78, 5) is 43.4. The van der Waals surface area contributed by atoms with Gasteiger partial charge in [-0.2, -0.15) is 0 Å². The molecule has 1 spiro atoms. The van der Waals surface area contributed by atoms with Crippen LogP contribution in [0.15, 0.2) is 30.3 Å². The number of aliphatic hydroxyl groups is 1. The normalized spacial score (nSPS) is 31.8. The van der Waals surface area contributed by atoms with Gasteiger partial charge in [0, 0.05) is 11.2 Å². The Morgan fingerprint density at radius 1 is 1.14 bits per heavy atom. The second kappa shape index (κ2) is 9.38. The minimum atomic E-state index is -1.11. The SMILES string of the molecule is CC[C@@]12CCC3(O1)C(C(=O)NC(C)(C)CC(C)(C)C)N([C@H](C)CO)C(=O)[C@@H]3[C@@H]2C(=O)Nc1ccccc1. The van der Waals surface area contributed by atoms with Gasteiger partial charge in [0.05, 0.1) is 30.1 Å². The molecule has 0 aliphatic carbocycles. The molecular formula is C29H43N3O5. The Morgan fingerprint density at radius 2 is 1.78 bits per heavy atom. The number of hydrogen-bond acceptors (Lipinski definition) is 5. The number of amides is 3. The molecule has 37 heavy (non-hydrogen) atoms. The topological polar surface area (TPSA) is 108 Å². The summed E-state index contributed by atoms with van der Waals surface area (Å²) in [7, 11) is 0. The van der Waals surface area contributed by atoms with Gasteiger partial charge < -0.3 is 25.4 Å². The van der Waals surface area contributed by atoms with Crippen molar-refractivity contribution >= 4 is 23.4 Å². The maximum atomic E-state index is 14.1. The van der Waals surface area contributed by atoms with E-state index in [0.29, 0.717) is 24.9 Å². The molecule has 3 aliphatic heterocycles. The van der Waals surface area contributed by atoms with E-state index in [1.54, 1.807) is 6.92 Å². The third kappa shape index (κ3) is 4.67. The van der Waals surface area contributed by atoms with E-state index >= 15 is 0 Å². The average molecular weight is 514 g/mol. The Labute approximate surface area is 220 Å². The van der Waals surface area contributed by atoms with Crippen LogP contribution in [0.3, 0.4) is 0 Å². The van der Waals surface area contributed by atoms with E-state index in [0.717, 1.165) is 6.42 Å². The molecule has 1 aromatic carbocycles. The molecule has 3 fully saturated rings. The van der Waals surface area contributed by atoms with Gasteiger partial charge >= 0.3 is 0 Å². The zero-order valence-corrected chi connectivity index (χ0v) is 23.3. The van der Waals surface area contributed by atoms with E-state index in [1.165, 1.54) is 4.90 Å². The molecule has 0 aromatic heterocycles. The molecule has 4 rings (SSSR count). The fourth-order valence-corrected chi connectivity index (χ4v) is 7.43. The summed E-state index contributed by atoms with van der Waals surface area (Å²) in [5, 5.41) is 16.2. The lowest BCUT2D eigenvalue weighted by molar-refractivity contribution is -0.150. The first kappa shape index (κ1) is 27.6. The van der Waals surface area contributed by atoms with Gasteiger partial charge in [0.1, 0.15) is 11.6 Å². The van der Waals surface area contributed by atoms with Crippen molar-refractivity contribution in [3.8, 4) is 0 Å². The standard InChI is InChI=1S/C29H43N3O5/c1-8-28-14-15-29(37-28)21(20(28)23(34)30-19-12-10-9-11-13-19)25(36)32(18(2)16-33)22(29)24(35)31-27(6,7)17-26(3,4)5/h9-13,18,20-22,33H,8,14-17H2,1-7H3,(H,30,34)(H,31,35)/t18-,20-,21+,22?,28+,29?/m1/s1. The first-order valence-electron chi connectivity index (χ1n) is 13.5. The van der Waals surface area contributed by atoms with Gasteiger partial charge in [0.2, 0.25) is 17.7 Å². The smallest absolute Gasteiger partial charge is 0.246 e. The van der Waals surface area contributed by atoms with Gasteiger partial charge in [-0.25, -0.2) is 0 Å². The van der Waals surface area contributed by atoms with Gasteiger partial charge in [-0.05, 0) is 64.0 Å². The number of ether oxygens (including phenoxy) is 1. The Bertz CT molecular complexity index is 1050. The van der Waals surface area contributed by atoms with Gasteiger partial charge in [-0.3, -0.25) is 14.4 Å². The van der Waals surface area contributed by atoms with Crippen molar-refractivity contribution in [1.82, 2.24) is 10.2 Å². The second-order valence-electron chi connectivity index (χ2n) is 13.1. The van der Waals surface area contributed by atoms with Crippen LogP contribution in [0, 0.1) is 17.3 Å². The molecule has 3 amide bonds. The fourth-order valence-electron chi connectivity index (χ4n) is 7.43. The van der Waals surface area contributed by atoms with Crippen molar-refractivity contribution < 1.29 is 24.2 Å². The van der Waals surface area contributed by atoms with Gasteiger partial charge in [-0.15, -0.1) is 0 Å². The van der Waals surface area contributed by atoms with Crippen molar-refractivity contribution in [2.24, 2.45) is 17.3 Å². The number of fused-ring (bicyclic) bond motifs is 1. The summed E-state index contributed by atoms with van der Waals surface area (Å²) < 4.78 is 6.77. The van der Waals surface area contributed by atoms with Crippen molar-refractivity contribution in [2.75, 3.05) is 11.9 Å². The Balaban J connectivity index is 1.73. The summed E-state index contributed by atoms with van der Waals surface area (Å²) in [6.07, 6.45) is 2.40. The van der Waals surface area contributed by atoms with Crippen LogP contribution in [0.1, 0.15) is 74.1 Å². The van der Waals surface area contributed by atoms with E-state index in [9.17, 15) is 19.5 Å². The number of benzene rings is 1. The quantitative estimate of drug-likeness (QED) is 0.493. The molecule has 2 bridgehead atoms. The number of carbonyl (C=O) groups is 3. The van der Waals surface area contributed by atoms with Crippen LogP contribution in [0.5, 0.6) is 0 Å². The number of likely N-dealkylation sites (tertiary alicyclic amines) is 1. The molecule has 6 atom stereocenters. The van der Waals surface area contributed by atoms with E-state index in [2.05, 4.69) is 31.4 Å². The van der Waals surface area contributed by atoms with Crippen LogP contribution in [-0.2, 0) is 19.1 Å². The third-order valence-electron chi connectivity index (χ3n) is 8.36. The second-order valence-corrected chi connectivity index (χ2v) is 13.1. The van der Waals surface area contributed by atoms with Crippen LogP contribution in [0.2, 0.25) is 0 Å². The molecule has 3 heterocycles.